The van der Waals surface area contributed by atoms with Crippen molar-refractivity contribution >= 4 is 34.9 Å². The molecule has 2 aliphatic rings. The van der Waals surface area contributed by atoms with Crippen LogP contribution >= 0.6 is 12.2 Å². The predicted molar refractivity (Wildman–Crippen MR) is 76.8 cm³/mol. The Balaban J connectivity index is 2.28. The number of fused-ring (bicyclic) bond motifs is 1. The van der Waals surface area contributed by atoms with E-state index in [1.807, 2.05) is 13.0 Å². The lowest BCUT2D eigenvalue weighted by Crippen LogP contribution is -2.54. The minimum absolute atomic E-state index is 0.148. The quantitative estimate of drug-likeness (QED) is 0.777. The van der Waals surface area contributed by atoms with Gasteiger partial charge in [0.2, 0.25) is 16.9 Å². The van der Waals surface area contributed by atoms with Crippen molar-refractivity contribution < 1.29 is 9.59 Å². The van der Waals surface area contributed by atoms with E-state index in [0.29, 0.717) is 12.3 Å². The second-order valence-electron chi connectivity index (χ2n) is 4.32. The van der Waals surface area contributed by atoms with Gasteiger partial charge < -0.3 is 5.32 Å². The largest absolute Gasteiger partial charge is 0.355 e. The van der Waals surface area contributed by atoms with E-state index in [2.05, 4.69) is 10.3 Å². The second kappa shape index (κ2) is 5.44. The van der Waals surface area contributed by atoms with E-state index < -0.39 is 12.0 Å². The number of nitrogens with zero attached hydrogens (tertiary/aromatic N) is 2. The number of rotatable bonds is 3. The summed E-state index contributed by atoms with van der Waals surface area (Å²) < 4.78 is 0. The summed E-state index contributed by atoms with van der Waals surface area (Å²) in [6.07, 6.45) is 7.14. The molecule has 19 heavy (non-hydrogen) atoms. The number of amides is 2. The molecule has 0 saturated heterocycles. The average molecular weight is 277 g/mol. The van der Waals surface area contributed by atoms with Crippen LogP contribution in [0.5, 0.6) is 0 Å². The van der Waals surface area contributed by atoms with E-state index in [1.165, 1.54) is 4.90 Å². The van der Waals surface area contributed by atoms with Crippen LogP contribution in [0.3, 0.4) is 0 Å². The normalized spacial score (nSPS) is 22.9. The smallest absolute Gasteiger partial charge is 0.242 e. The zero-order chi connectivity index (χ0) is 14.0. The van der Waals surface area contributed by atoms with Crippen LogP contribution in [-0.4, -0.2) is 40.1 Å². The van der Waals surface area contributed by atoms with Gasteiger partial charge in [0.05, 0.1) is 11.6 Å². The van der Waals surface area contributed by atoms with Crippen LogP contribution in [0.2, 0.25) is 0 Å². The first-order valence-corrected chi connectivity index (χ1v) is 6.55. The first kappa shape index (κ1) is 13.6. The molecule has 0 aromatic heterocycles. The van der Waals surface area contributed by atoms with Gasteiger partial charge in [-0.05, 0) is 32.1 Å². The fourth-order valence-electron chi connectivity index (χ4n) is 2.05. The highest BCUT2D eigenvalue weighted by atomic mass is 32.1. The van der Waals surface area contributed by atoms with Crippen molar-refractivity contribution in [3.05, 3.63) is 24.3 Å². The van der Waals surface area contributed by atoms with Gasteiger partial charge in [0.25, 0.3) is 0 Å². The number of carbonyl (C=O) groups excluding carboxylic acids is 2. The Morgan fingerprint density at radius 3 is 3.00 bits per heavy atom. The van der Waals surface area contributed by atoms with Crippen LogP contribution in [0, 0.1) is 5.92 Å². The summed E-state index contributed by atoms with van der Waals surface area (Å²) in [6, 6.07) is -0.649. The van der Waals surface area contributed by atoms with Crippen molar-refractivity contribution in [1.82, 2.24) is 10.2 Å². The highest BCUT2D eigenvalue weighted by Gasteiger charge is 2.38. The van der Waals surface area contributed by atoms with Gasteiger partial charge in [-0.3, -0.25) is 14.5 Å². The molecule has 1 aliphatic heterocycles. The number of hydrogen-bond acceptors (Lipinski definition) is 3. The molecule has 0 saturated carbocycles. The van der Waals surface area contributed by atoms with Crippen LogP contribution in [0.25, 0.3) is 0 Å². The van der Waals surface area contributed by atoms with Gasteiger partial charge in [0.15, 0.2) is 0 Å². The van der Waals surface area contributed by atoms with Gasteiger partial charge >= 0.3 is 0 Å². The fraction of sp³-hybridized carbons (Fsp3) is 0.385. The van der Waals surface area contributed by atoms with E-state index in [0.717, 1.165) is 0 Å². The molecule has 0 fully saturated rings. The lowest BCUT2D eigenvalue weighted by molar-refractivity contribution is -0.136. The summed E-state index contributed by atoms with van der Waals surface area (Å²) in [7, 11) is 0. The fourth-order valence-corrected chi connectivity index (χ4v) is 2.40. The Labute approximate surface area is 117 Å². The first-order valence-electron chi connectivity index (χ1n) is 6.14. The average Bonchev–Trinajstić information content (AvgIpc) is 2.38. The van der Waals surface area contributed by atoms with Crippen LogP contribution < -0.4 is 5.32 Å². The maximum absolute atomic E-state index is 12.4. The van der Waals surface area contributed by atoms with Gasteiger partial charge in [-0.2, -0.15) is 0 Å². The molecule has 0 bridgehead atoms. The van der Waals surface area contributed by atoms with Gasteiger partial charge in [-0.1, -0.05) is 18.2 Å². The lowest BCUT2D eigenvalue weighted by Gasteiger charge is -2.33. The zero-order valence-corrected chi connectivity index (χ0v) is 11.6. The van der Waals surface area contributed by atoms with Crippen LogP contribution in [-0.2, 0) is 9.59 Å². The Kier molecular flexibility index (Phi) is 3.90. The summed E-state index contributed by atoms with van der Waals surface area (Å²) in [5.41, 5.74) is 0.636. The van der Waals surface area contributed by atoms with Crippen molar-refractivity contribution in [2.24, 2.45) is 10.9 Å². The number of likely N-dealkylation sites (N-methyl/N-ethyl adjacent to an activating group) is 1. The third-order valence-corrected chi connectivity index (χ3v) is 3.34. The number of nitrogens with one attached hydrogen (secondary N) is 1. The second-order valence-corrected chi connectivity index (χ2v) is 4.68. The lowest BCUT2D eigenvalue weighted by atomic mass is 9.95. The molecular weight excluding hydrogens is 262 g/mol. The van der Waals surface area contributed by atoms with Gasteiger partial charge in [0, 0.05) is 6.54 Å². The third kappa shape index (κ3) is 2.49. The van der Waals surface area contributed by atoms with Crippen molar-refractivity contribution in [2.45, 2.75) is 19.9 Å². The predicted octanol–water partition coefficient (Wildman–Crippen LogP) is 0.821. The monoisotopic (exact) mass is 277 g/mol. The molecule has 0 spiro atoms. The van der Waals surface area contributed by atoms with E-state index in [1.54, 1.807) is 25.2 Å². The molecule has 0 aromatic rings. The summed E-state index contributed by atoms with van der Waals surface area (Å²) in [5, 5.41) is 2.83. The molecule has 100 valence electrons. The molecule has 1 aliphatic carbocycles. The van der Waals surface area contributed by atoms with E-state index in [4.69, 9.17) is 12.2 Å². The summed E-state index contributed by atoms with van der Waals surface area (Å²) in [5.74, 6) is -0.866. The number of aliphatic imine (C=N–C) groups is 1. The molecule has 0 aromatic carbocycles. The van der Waals surface area contributed by atoms with E-state index >= 15 is 0 Å². The standard InChI is InChI=1S/C13H15N3O2S/c1-3-14-11(17)8(2)16-12(18)9-6-4-5-7-10(9)15-13(16)19/h4-9H,3H2,1-2H3,(H,14,17). The topological polar surface area (TPSA) is 61.8 Å². The Hall–Kier alpha value is -1.82. The maximum atomic E-state index is 12.4. The summed E-state index contributed by atoms with van der Waals surface area (Å²) in [6.45, 7) is 3.99. The molecule has 6 heteroatoms. The van der Waals surface area contributed by atoms with Crippen LogP contribution in [0.15, 0.2) is 29.3 Å². The summed E-state index contributed by atoms with van der Waals surface area (Å²) in [4.78, 5) is 29.8. The molecule has 0 radical (unpaired) electrons. The number of hydrogen-bond donors (Lipinski definition) is 1. The van der Waals surface area contributed by atoms with Gasteiger partial charge in [-0.25, -0.2) is 4.99 Å². The van der Waals surface area contributed by atoms with Crippen molar-refractivity contribution in [3.63, 3.8) is 0 Å². The van der Waals surface area contributed by atoms with E-state index in [9.17, 15) is 9.59 Å². The minimum atomic E-state index is -0.649. The number of carbonyl (C=O) groups is 2. The van der Waals surface area contributed by atoms with Gasteiger partial charge in [-0.15, -0.1) is 0 Å². The van der Waals surface area contributed by atoms with Crippen molar-refractivity contribution in [1.29, 1.82) is 0 Å². The highest BCUT2D eigenvalue weighted by molar-refractivity contribution is 7.80. The van der Waals surface area contributed by atoms with Crippen LogP contribution in [0.1, 0.15) is 13.8 Å². The molecule has 2 amide bonds. The Bertz CT molecular complexity index is 522. The van der Waals surface area contributed by atoms with E-state index in [-0.39, 0.29) is 16.9 Å². The molecule has 1 N–H and O–H groups in total. The van der Waals surface area contributed by atoms with Crippen LogP contribution in [0.4, 0.5) is 0 Å². The first-order chi connectivity index (χ1) is 9.06. The molecule has 2 unspecified atom stereocenters. The Morgan fingerprint density at radius 2 is 2.32 bits per heavy atom. The molecule has 2 rings (SSSR count). The molecular formula is C13H15N3O2S. The minimum Gasteiger partial charge on any atom is -0.355 e. The molecule has 5 nitrogen and oxygen atoms in total. The third-order valence-electron chi connectivity index (χ3n) is 3.05. The van der Waals surface area contributed by atoms with Crippen molar-refractivity contribution in [3.8, 4) is 0 Å². The molecule has 2 atom stereocenters. The zero-order valence-electron chi connectivity index (χ0n) is 10.8. The highest BCUT2D eigenvalue weighted by Crippen LogP contribution is 2.21. The van der Waals surface area contributed by atoms with Crippen molar-refractivity contribution in [2.75, 3.05) is 6.54 Å². The Morgan fingerprint density at radius 1 is 1.58 bits per heavy atom. The summed E-state index contributed by atoms with van der Waals surface area (Å²) >= 11 is 5.13. The number of allylic oxidation sites excluding steroid dienone is 3. The molecule has 1 heterocycles. The number of thiocarbonyl (C=S) groups is 1. The SMILES string of the molecule is CCNC(=O)C(C)N1C(=O)C2C=CC=CC2=NC1=S. The van der Waals surface area contributed by atoms with Gasteiger partial charge in [0.1, 0.15) is 6.04 Å². The maximum Gasteiger partial charge on any atom is 0.242 e.